The zero-order valence-corrected chi connectivity index (χ0v) is 52.2. The standard InChI is InChI=1S/C76H82N2O4/c1-39(2)49-23-21-24-50(40(3)4)67(49)77-69(79)55-29-27-53-62-58(44-33-47(75(15,16)17)36-48(34-44)76(18,19)20)38-60-64-56(70(80)78(72(60)82)68-51(41(5)6)25-22-26-52(68)42(7)8)30-28-54(66(62)64)61-57(37-59(71(77)81)63(55)65(53)61)43-31-45(73(9,10)11)35-46(32-43)74(12,13)14/h21-42H,1-20H3. The highest BCUT2D eigenvalue weighted by atomic mass is 16.2. The Kier molecular flexibility index (Phi) is 13.1. The van der Waals surface area contributed by atoms with E-state index in [0.717, 1.165) is 99.1 Å². The van der Waals surface area contributed by atoms with Crippen LogP contribution < -0.4 is 9.80 Å². The summed E-state index contributed by atoms with van der Waals surface area (Å²) in [6.07, 6.45) is 0. The molecule has 420 valence electrons. The van der Waals surface area contributed by atoms with Gasteiger partial charge in [-0.25, -0.2) is 9.80 Å². The summed E-state index contributed by atoms with van der Waals surface area (Å²) in [6, 6.07) is 38.2. The predicted octanol–water partition coefficient (Wildman–Crippen LogP) is 20.4. The van der Waals surface area contributed by atoms with Gasteiger partial charge in [0, 0.05) is 33.0 Å². The number of imide groups is 2. The van der Waals surface area contributed by atoms with Gasteiger partial charge in [-0.15, -0.1) is 0 Å². The Hall–Kier alpha value is -7.44. The second kappa shape index (κ2) is 19.1. The number of nitrogens with zero attached hydrogens (tertiary/aromatic N) is 2. The molecule has 0 spiro atoms. The molecule has 0 saturated carbocycles. The fourth-order valence-electron chi connectivity index (χ4n) is 13.2. The number of carbonyl (C=O) groups is 4. The van der Waals surface area contributed by atoms with Crippen molar-refractivity contribution in [2.75, 3.05) is 9.80 Å². The van der Waals surface area contributed by atoms with Crippen molar-refractivity contribution in [2.24, 2.45) is 0 Å². The number of hydrogen-bond donors (Lipinski definition) is 0. The van der Waals surface area contributed by atoms with Crippen molar-refractivity contribution in [3.8, 4) is 22.3 Å². The van der Waals surface area contributed by atoms with Crippen LogP contribution in [0.2, 0.25) is 0 Å². The molecule has 9 aromatic carbocycles. The lowest BCUT2D eigenvalue weighted by atomic mass is 9.75. The normalized spacial score (nSPS) is 14.6. The van der Waals surface area contributed by atoms with Crippen LogP contribution in [0, 0.1) is 0 Å². The molecule has 9 aromatic rings. The van der Waals surface area contributed by atoms with Crippen LogP contribution in [0.25, 0.3) is 65.3 Å². The highest BCUT2D eigenvalue weighted by Gasteiger charge is 2.42. The maximum absolute atomic E-state index is 16.2. The van der Waals surface area contributed by atoms with Crippen molar-refractivity contribution in [3.63, 3.8) is 0 Å². The van der Waals surface area contributed by atoms with Gasteiger partial charge in [0.15, 0.2) is 0 Å². The molecule has 0 unspecified atom stereocenters. The zero-order valence-electron chi connectivity index (χ0n) is 52.2. The minimum absolute atomic E-state index is 0.0262. The zero-order chi connectivity index (χ0) is 59.5. The molecule has 0 aromatic heterocycles. The van der Waals surface area contributed by atoms with Gasteiger partial charge in [-0.05, 0) is 169 Å². The molecular formula is C76H82N2O4. The molecule has 0 radical (unpaired) electrons. The van der Waals surface area contributed by atoms with Gasteiger partial charge in [-0.1, -0.05) is 223 Å². The molecule has 82 heavy (non-hydrogen) atoms. The minimum Gasteiger partial charge on any atom is -0.268 e. The average Bonchev–Trinajstić information content (AvgIpc) is 2.24. The molecule has 6 heteroatoms. The molecule has 0 bridgehead atoms. The van der Waals surface area contributed by atoms with E-state index in [1.807, 2.05) is 24.3 Å². The Bertz CT molecular complexity index is 3840. The molecule has 0 N–H and O–H groups in total. The summed E-state index contributed by atoms with van der Waals surface area (Å²) in [6.45, 7) is 43.8. The van der Waals surface area contributed by atoms with E-state index in [1.54, 1.807) is 0 Å². The van der Waals surface area contributed by atoms with Gasteiger partial charge in [0.05, 0.1) is 11.4 Å². The van der Waals surface area contributed by atoms with Crippen molar-refractivity contribution >= 4 is 78.1 Å². The number of rotatable bonds is 8. The summed E-state index contributed by atoms with van der Waals surface area (Å²) < 4.78 is 0. The quantitative estimate of drug-likeness (QED) is 0.0863. The Morgan fingerprint density at radius 3 is 0.817 bits per heavy atom. The van der Waals surface area contributed by atoms with Gasteiger partial charge in [-0.2, -0.15) is 0 Å². The molecule has 0 fully saturated rings. The Morgan fingerprint density at radius 2 is 0.561 bits per heavy atom. The fraction of sp³-hybridized carbons (Fsp3) is 0.368. The van der Waals surface area contributed by atoms with Gasteiger partial charge < -0.3 is 0 Å². The lowest BCUT2D eigenvalue weighted by Crippen LogP contribution is -2.42. The maximum Gasteiger partial charge on any atom is 0.266 e. The van der Waals surface area contributed by atoms with Crippen molar-refractivity contribution in [1.29, 1.82) is 0 Å². The number of benzene rings is 9. The Morgan fingerprint density at radius 1 is 0.293 bits per heavy atom. The lowest BCUT2D eigenvalue weighted by molar-refractivity contribution is 0.0877. The molecule has 6 nitrogen and oxygen atoms in total. The molecule has 2 heterocycles. The van der Waals surface area contributed by atoms with Crippen LogP contribution in [-0.4, -0.2) is 23.6 Å². The Balaban J connectivity index is 1.38. The molecule has 2 aliphatic heterocycles. The number of fused-ring (bicyclic) bond motifs is 2. The number of anilines is 2. The maximum atomic E-state index is 16.2. The number of hydrogen-bond acceptors (Lipinski definition) is 4. The van der Waals surface area contributed by atoms with E-state index in [2.05, 4.69) is 223 Å². The smallest absolute Gasteiger partial charge is 0.266 e. The highest BCUT2D eigenvalue weighted by molar-refractivity contribution is 6.48. The SMILES string of the molecule is CC(C)c1cccc(C(C)C)c1N1C(=O)c2ccc3c4c(-c5cc(C(C)(C)C)cc(C(C)(C)C)c5)cc5c6c(ccc(c7c(-c8cc(C(C)(C)C)cc(C(C)(C)C)c8)cc(c2c37)C1=O)c64)C(=O)N(c1c(C(C)C)cccc1C(C)C)C5=O. The average molecular weight is 1090 g/mol. The van der Waals surface area contributed by atoms with Gasteiger partial charge in [-0.3, -0.25) is 19.2 Å². The third kappa shape index (κ3) is 8.71. The lowest BCUT2D eigenvalue weighted by Gasteiger charge is -2.35. The number of carbonyl (C=O) groups excluding carboxylic acids is 4. The van der Waals surface area contributed by atoms with Gasteiger partial charge in [0.2, 0.25) is 0 Å². The van der Waals surface area contributed by atoms with Crippen LogP contribution >= 0.6 is 0 Å². The molecule has 11 rings (SSSR count). The number of para-hydroxylation sites is 2. The van der Waals surface area contributed by atoms with E-state index in [9.17, 15) is 0 Å². The summed E-state index contributed by atoms with van der Waals surface area (Å²) in [5, 5.41) is 6.30. The Labute approximate surface area is 486 Å². The summed E-state index contributed by atoms with van der Waals surface area (Å²) in [7, 11) is 0. The van der Waals surface area contributed by atoms with Crippen molar-refractivity contribution in [2.45, 2.75) is 184 Å². The summed E-state index contributed by atoms with van der Waals surface area (Å²) in [5.41, 5.74) is 14.2. The van der Waals surface area contributed by atoms with E-state index in [1.165, 1.54) is 9.80 Å². The van der Waals surface area contributed by atoms with Crippen molar-refractivity contribution < 1.29 is 19.2 Å². The first-order chi connectivity index (χ1) is 38.2. The first-order valence-electron chi connectivity index (χ1n) is 29.9. The van der Waals surface area contributed by atoms with Gasteiger partial charge in [0.1, 0.15) is 0 Å². The molecule has 2 aliphatic rings. The fourth-order valence-corrected chi connectivity index (χ4v) is 13.2. The molecular weight excluding hydrogens is 1000 g/mol. The second-order valence-corrected chi connectivity index (χ2v) is 29.2. The molecule has 0 saturated heterocycles. The first-order valence-corrected chi connectivity index (χ1v) is 29.9. The van der Waals surface area contributed by atoms with E-state index in [4.69, 9.17) is 0 Å². The van der Waals surface area contributed by atoms with Crippen LogP contribution in [0.3, 0.4) is 0 Å². The molecule has 0 aliphatic carbocycles. The van der Waals surface area contributed by atoms with Crippen LogP contribution in [-0.2, 0) is 21.7 Å². The van der Waals surface area contributed by atoms with Gasteiger partial charge in [0.25, 0.3) is 23.6 Å². The summed E-state index contributed by atoms with van der Waals surface area (Å²) in [4.78, 5) is 67.1. The first kappa shape index (κ1) is 56.4. The minimum atomic E-state index is -0.358. The summed E-state index contributed by atoms with van der Waals surface area (Å²) in [5.74, 6) is -1.32. The topological polar surface area (TPSA) is 74.8 Å². The van der Waals surface area contributed by atoms with E-state index < -0.39 is 0 Å². The predicted molar refractivity (Wildman–Crippen MR) is 345 cm³/mol. The summed E-state index contributed by atoms with van der Waals surface area (Å²) >= 11 is 0. The monoisotopic (exact) mass is 1090 g/mol. The number of amides is 4. The largest absolute Gasteiger partial charge is 0.268 e. The van der Waals surface area contributed by atoms with Crippen LogP contribution in [0.15, 0.2) is 109 Å². The van der Waals surface area contributed by atoms with E-state index >= 15 is 19.2 Å². The second-order valence-electron chi connectivity index (χ2n) is 29.2. The van der Waals surface area contributed by atoms with Crippen LogP contribution in [0.5, 0.6) is 0 Å². The highest BCUT2D eigenvalue weighted by Crippen LogP contribution is 2.54. The van der Waals surface area contributed by atoms with E-state index in [0.29, 0.717) is 44.4 Å². The van der Waals surface area contributed by atoms with Crippen LogP contribution in [0.1, 0.15) is 248 Å². The van der Waals surface area contributed by atoms with Gasteiger partial charge >= 0.3 is 0 Å². The third-order valence-electron chi connectivity index (χ3n) is 17.9. The van der Waals surface area contributed by atoms with Crippen molar-refractivity contribution in [3.05, 3.63) is 176 Å². The van der Waals surface area contributed by atoms with Crippen LogP contribution in [0.4, 0.5) is 11.4 Å². The molecule has 4 amide bonds. The van der Waals surface area contributed by atoms with Crippen molar-refractivity contribution in [1.82, 2.24) is 0 Å². The van der Waals surface area contributed by atoms with E-state index in [-0.39, 0.29) is 69.0 Å². The third-order valence-corrected chi connectivity index (χ3v) is 17.9. The molecule has 0 atom stereocenters.